The number of carbonyl (C=O) groups is 1. The molecule has 0 spiro atoms. The van der Waals surface area contributed by atoms with Crippen molar-refractivity contribution in [1.29, 1.82) is 0 Å². The lowest BCUT2D eigenvalue weighted by molar-refractivity contribution is -0.132. The molecule has 16 heavy (non-hydrogen) atoms. The van der Waals surface area contributed by atoms with Gasteiger partial charge in [-0.1, -0.05) is 0 Å². The fourth-order valence-electron chi connectivity index (χ4n) is 2.23. The second kappa shape index (κ2) is 6.86. The molecule has 1 heterocycles. The van der Waals surface area contributed by atoms with Gasteiger partial charge >= 0.3 is 0 Å². The molecule has 4 heteroatoms. The summed E-state index contributed by atoms with van der Waals surface area (Å²) in [6, 6.07) is 0.382. The van der Waals surface area contributed by atoms with Crippen LogP contribution in [0.3, 0.4) is 0 Å². The van der Waals surface area contributed by atoms with Crippen LogP contribution >= 0.6 is 0 Å². The summed E-state index contributed by atoms with van der Waals surface area (Å²) < 4.78 is 0. The molecule has 0 radical (unpaired) electrons. The normalized spacial score (nSPS) is 22.8. The van der Waals surface area contributed by atoms with Crippen molar-refractivity contribution in [3.8, 4) is 0 Å². The Morgan fingerprint density at radius 1 is 1.50 bits per heavy atom. The van der Waals surface area contributed by atoms with Gasteiger partial charge in [0.25, 0.3) is 0 Å². The van der Waals surface area contributed by atoms with Crippen molar-refractivity contribution in [2.75, 3.05) is 26.2 Å². The maximum absolute atomic E-state index is 12.0. The Balaban J connectivity index is 2.37. The molecule has 0 aromatic carbocycles. The van der Waals surface area contributed by atoms with Crippen LogP contribution in [0.5, 0.6) is 0 Å². The average molecular weight is 227 g/mol. The Hall–Kier alpha value is -0.610. The first-order chi connectivity index (χ1) is 7.69. The molecular formula is C12H25N3O. The lowest BCUT2D eigenvalue weighted by Gasteiger charge is -2.29. The molecule has 0 aromatic heterocycles. The fourth-order valence-corrected chi connectivity index (χ4v) is 2.23. The van der Waals surface area contributed by atoms with Crippen LogP contribution in [-0.4, -0.2) is 49.1 Å². The topological polar surface area (TPSA) is 44.4 Å². The third-order valence-corrected chi connectivity index (χ3v) is 3.23. The summed E-state index contributed by atoms with van der Waals surface area (Å²) in [4.78, 5) is 13.9. The maximum Gasteiger partial charge on any atom is 0.239 e. The minimum Gasteiger partial charge on any atom is -0.342 e. The molecule has 0 aliphatic carbocycles. The number of nitrogens with one attached hydrogen (secondary N) is 2. The van der Waals surface area contributed by atoms with E-state index in [2.05, 4.69) is 10.6 Å². The zero-order valence-corrected chi connectivity index (χ0v) is 10.8. The van der Waals surface area contributed by atoms with Gasteiger partial charge in [-0.2, -0.15) is 0 Å². The van der Waals surface area contributed by atoms with Crippen LogP contribution in [0.25, 0.3) is 0 Å². The molecule has 0 aromatic rings. The van der Waals surface area contributed by atoms with Crippen molar-refractivity contribution in [3.63, 3.8) is 0 Å². The SMILES string of the molecule is CCN(CC)C(=O)C(C)NC1CCCNC1. The first-order valence-electron chi connectivity index (χ1n) is 6.44. The van der Waals surface area contributed by atoms with Gasteiger partial charge < -0.3 is 15.5 Å². The van der Waals surface area contributed by atoms with Crippen LogP contribution in [0.1, 0.15) is 33.6 Å². The molecule has 1 fully saturated rings. The molecule has 2 unspecified atom stereocenters. The predicted molar refractivity (Wildman–Crippen MR) is 66.4 cm³/mol. The number of nitrogens with zero attached hydrogens (tertiary/aromatic N) is 1. The van der Waals surface area contributed by atoms with E-state index >= 15 is 0 Å². The highest BCUT2D eigenvalue weighted by atomic mass is 16.2. The molecule has 0 saturated carbocycles. The second-order valence-corrected chi connectivity index (χ2v) is 4.44. The van der Waals surface area contributed by atoms with Crippen LogP contribution in [-0.2, 0) is 4.79 Å². The number of amides is 1. The zero-order valence-electron chi connectivity index (χ0n) is 10.8. The van der Waals surface area contributed by atoms with Crippen LogP contribution in [0.4, 0.5) is 0 Å². The molecule has 4 nitrogen and oxygen atoms in total. The van der Waals surface area contributed by atoms with E-state index in [4.69, 9.17) is 0 Å². The van der Waals surface area contributed by atoms with Crippen LogP contribution < -0.4 is 10.6 Å². The highest BCUT2D eigenvalue weighted by molar-refractivity contribution is 5.81. The molecule has 2 atom stereocenters. The monoisotopic (exact) mass is 227 g/mol. The summed E-state index contributed by atoms with van der Waals surface area (Å²) in [5.74, 6) is 0.218. The molecule has 0 bridgehead atoms. The third kappa shape index (κ3) is 3.76. The van der Waals surface area contributed by atoms with Crippen LogP contribution in [0.2, 0.25) is 0 Å². The van der Waals surface area contributed by atoms with Gasteiger partial charge in [0.05, 0.1) is 6.04 Å². The van der Waals surface area contributed by atoms with E-state index in [0.717, 1.165) is 26.2 Å². The quantitative estimate of drug-likeness (QED) is 0.722. The summed E-state index contributed by atoms with van der Waals surface area (Å²) in [6.07, 6.45) is 2.37. The van der Waals surface area contributed by atoms with Crippen molar-refractivity contribution in [2.45, 2.75) is 45.7 Å². The molecule has 1 amide bonds. The Morgan fingerprint density at radius 3 is 2.69 bits per heavy atom. The van der Waals surface area contributed by atoms with Gasteiger partial charge in [0.15, 0.2) is 0 Å². The van der Waals surface area contributed by atoms with E-state index in [0.29, 0.717) is 6.04 Å². The number of hydrogen-bond donors (Lipinski definition) is 2. The molecular weight excluding hydrogens is 202 g/mol. The third-order valence-electron chi connectivity index (χ3n) is 3.23. The van der Waals surface area contributed by atoms with Crippen LogP contribution in [0, 0.1) is 0 Å². The summed E-state index contributed by atoms with van der Waals surface area (Å²) in [7, 11) is 0. The van der Waals surface area contributed by atoms with Gasteiger partial charge in [-0.3, -0.25) is 4.79 Å². The minimum absolute atomic E-state index is 0.0650. The molecule has 1 saturated heterocycles. The van der Waals surface area contributed by atoms with Gasteiger partial charge in [-0.05, 0) is 40.2 Å². The molecule has 1 aliphatic rings. The summed E-state index contributed by atoms with van der Waals surface area (Å²) >= 11 is 0. The Kier molecular flexibility index (Phi) is 5.77. The minimum atomic E-state index is -0.0650. The highest BCUT2D eigenvalue weighted by Gasteiger charge is 2.22. The van der Waals surface area contributed by atoms with Crippen molar-refractivity contribution < 1.29 is 4.79 Å². The zero-order chi connectivity index (χ0) is 12.0. The van der Waals surface area contributed by atoms with E-state index in [1.807, 2.05) is 25.7 Å². The Bertz CT molecular complexity index is 210. The fraction of sp³-hybridized carbons (Fsp3) is 0.917. The van der Waals surface area contributed by atoms with Gasteiger partial charge in [-0.15, -0.1) is 0 Å². The van der Waals surface area contributed by atoms with E-state index in [9.17, 15) is 4.79 Å². The predicted octanol–water partition coefficient (Wildman–Crippen LogP) is 0.585. The molecule has 1 rings (SSSR count). The van der Waals surface area contributed by atoms with Crippen molar-refractivity contribution in [3.05, 3.63) is 0 Å². The molecule has 94 valence electrons. The molecule has 2 N–H and O–H groups in total. The van der Waals surface area contributed by atoms with Crippen LogP contribution in [0.15, 0.2) is 0 Å². The second-order valence-electron chi connectivity index (χ2n) is 4.44. The Labute approximate surface area is 98.8 Å². The number of hydrogen-bond acceptors (Lipinski definition) is 3. The summed E-state index contributed by atoms with van der Waals surface area (Å²) in [6.45, 7) is 9.70. The van der Waals surface area contributed by atoms with Gasteiger partial charge in [0.2, 0.25) is 5.91 Å². The number of likely N-dealkylation sites (N-methyl/N-ethyl adjacent to an activating group) is 1. The summed E-state index contributed by atoms with van der Waals surface area (Å²) in [5.41, 5.74) is 0. The largest absolute Gasteiger partial charge is 0.342 e. The van der Waals surface area contributed by atoms with Crippen molar-refractivity contribution in [1.82, 2.24) is 15.5 Å². The number of rotatable bonds is 5. The highest BCUT2D eigenvalue weighted by Crippen LogP contribution is 2.04. The van der Waals surface area contributed by atoms with E-state index in [1.54, 1.807) is 0 Å². The number of piperidine rings is 1. The lowest BCUT2D eigenvalue weighted by atomic mass is 10.1. The van der Waals surface area contributed by atoms with E-state index in [-0.39, 0.29) is 11.9 Å². The van der Waals surface area contributed by atoms with Gasteiger partial charge in [0.1, 0.15) is 0 Å². The van der Waals surface area contributed by atoms with Crippen molar-refractivity contribution in [2.24, 2.45) is 0 Å². The smallest absolute Gasteiger partial charge is 0.239 e. The summed E-state index contributed by atoms with van der Waals surface area (Å²) in [5, 5.41) is 6.76. The Morgan fingerprint density at radius 2 is 2.19 bits per heavy atom. The van der Waals surface area contributed by atoms with E-state index in [1.165, 1.54) is 12.8 Å². The maximum atomic E-state index is 12.0. The standard InChI is InChI=1S/C12H25N3O/c1-4-15(5-2)12(16)10(3)14-11-7-6-8-13-9-11/h10-11,13-14H,4-9H2,1-3H3. The first-order valence-corrected chi connectivity index (χ1v) is 6.44. The van der Waals surface area contributed by atoms with E-state index < -0.39 is 0 Å². The average Bonchev–Trinajstić information content (AvgIpc) is 2.31. The number of carbonyl (C=O) groups excluding carboxylic acids is 1. The van der Waals surface area contributed by atoms with Gasteiger partial charge in [0, 0.05) is 25.7 Å². The lowest BCUT2D eigenvalue weighted by Crippen LogP contribution is -2.52. The molecule has 1 aliphatic heterocycles. The van der Waals surface area contributed by atoms with Crippen molar-refractivity contribution >= 4 is 5.91 Å². The first kappa shape index (κ1) is 13.5. The van der Waals surface area contributed by atoms with Gasteiger partial charge in [-0.25, -0.2) is 0 Å².